The lowest BCUT2D eigenvalue weighted by Gasteiger charge is -2.08. The van der Waals surface area contributed by atoms with Gasteiger partial charge in [-0.1, -0.05) is 17.4 Å². The molecule has 1 amide bonds. The van der Waals surface area contributed by atoms with E-state index in [0.717, 1.165) is 34.6 Å². The fourth-order valence-corrected chi connectivity index (χ4v) is 4.17. The molecule has 5 rings (SSSR count). The molecule has 150 valence electrons. The SMILES string of the molecule is CC(=O)Nc1nc2ccc(-c3ccnc(OCC4OC4N4CCOC4)n3)cc2s1. The first-order valence-electron chi connectivity index (χ1n) is 9.27. The predicted octanol–water partition coefficient (Wildman–Crippen LogP) is 2.11. The second kappa shape index (κ2) is 7.64. The summed E-state index contributed by atoms with van der Waals surface area (Å²) in [7, 11) is 0. The second-order valence-corrected chi connectivity index (χ2v) is 7.86. The average Bonchev–Trinajstić information content (AvgIpc) is 3.10. The van der Waals surface area contributed by atoms with E-state index in [1.165, 1.54) is 18.3 Å². The van der Waals surface area contributed by atoms with Gasteiger partial charge in [0.25, 0.3) is 0 Å². The Balaban J connectivity index is 1.27. The van der Waals surface area contributed by atoms with Crippen LogP contribution < -0.4 is 10.1 Å². The third kappa shape index (κ3) is 4.06. The molecular formula is C19H19N5O4S. The smallest absolute Gasteiger partial charge is 0.316 e. The summed E-state index contributed by atoms with van der Waals surface area (Å²) in [6.45, 7) is 4.11. The highest BCUT2D eigenvalue weighted by Crippen LogP contribution is 2.31. The first kappa shape index (κ1) is 18.4. The number of fused-ring (bicyclic) bond motifs is 1. The number of epoxide rings is 1. The van der Waals surface area contributed by atoms with E-state index in [4.69, 9.17) is 14.2 Å². The van der Waals surface area contributed by atoms with Gasteiger partial charge in [0.15, 0.2) is 5.13 Å². The summed E-state index contributed by atoms with van der Waals surface area (Å²) in [4.78, 5) is 26.5. The minimum atomic E-state index is -0.138. The van der Waals surface area contributed by atoms with Gasteiger partial charge in [-0.25, -0.2) is 9.97 Å². The quantitative estimate of drug-likeness (QED) is 0.613. The van der Waals surface area contributed by atoms with Crippen molar-refractivity contribution in [2.75, 3.05) is 31.8 Å². The Morgan fingerprint density at radius 2 is 2.31 bits per heavy atom. The van der Waals surface area contributed by atoms with Gasteiger partial charge in [0.1, 0.15) is 25.7 Å². The molecule has 2 atom stereocenters. The van der Waals surface area contributed by atoms with Gasteiger partial charge < -0.3 is 19.5 Å². The number of amides is 1. The number of aromatic nitrogens is 3. The van der Waals surface area contributed by atoms with Crippen LogP contribution in [0, 0.1) is 0 Å². The van der Waals surface area contributed by atoms with E-state index in [-0.39, 0.29) is 18.2 Å². The number of carbonyl (C=O) groups is 1. The van der Waals surface area contributed by atoms with Gasteiger partial charge in [-0.15, -0.1) is 0 Å². The van der Waals surface area contributed by atoms with Gasteiger partial charge in [0, 0.05) is 25.2 Å². The number of nitrogens with zero attached hydrogens (tertiary/aromatic N) is 4. The molecule has 2 aromatic heterocycles. The van der Waals surface area contributed by atoms with Gasteiger partial charge in [-0.3, -0.25) is 9.69 Å². The Morgan fingerprint density at radius 1 is 1.38 bits per heavy atom. The highest BCUT2D eigenvalue weighted by Gasteiger charge is 2.45. The van der Waals surface area contributed by atoms with Crippen LogP contribution >= 0.6 is 11.3 Å². The number of hydrogen-bond acceptors (Lipinski definition) is 9. The van der Waals surface area contributed by atoms with Crippen LogP contribution in [0.5, 0.6) is 6.01 Å². The van der Waals surface area contributed by atoms with Gasteiger partial charge in [0.2, 0.25) is 5.91 Å². The monoisotopic (exact) mass is 413 g/mol. The Kier molecular flexibility index (Phi) is 4.84. The largest absolute Gasteiger partial charge is 0.461 e. The molecule has 2 fully saturated rings. The number of thiazole rings is 1. The maximum Gasteiger partial charge on any atom is 0.316 e. The maximum absolute atomic E-state index is 11.2. The molecule has 4 heterocycles. The summed E-state index contributed by atoms with van der Waals surface area (Å²) in [5.74, 6) is -0.138. The van der Waals surface area contributed by atoms with Crippen LogP contribution in [-0.2, 0) is 14.3 Å². The van der Waals surface area contributed by atoms with E-state index >= 15 is 0 Å². The van der Waals surface area contributed by atoms with Crippen molar-refractivity contribution in [1.82, 2.24) is 19.9 Å². The lowest BCUT2D eigenvalue weighted by molar-refractivity contribution is -0.114. The van der Waals surface area contributed by atoms with E-state index in [0.29, 0.717) is 24.5 Å². The van der Waals surface area contributed by atoms with Crippen LogP contribution in [0.15, 0.2) is 30.5 Å². The molecule has 0 aliphatic carbocycles. The fraction of sp³-hybridized carbons (Fsp3) is 0.368. The molecule has 3 aromatic rings. The molecule has 0 spiro atoms. The molecule has 10 heteroatoms. The standard InChI is InChI=1S/C19H19N5O4S/c1-11(25)21-19-23-14-3-2-12(8-16(14)29-19)13-4-5-20-18(22-13)27-9-15-17(28-15)24-6-7-26-10-24/h2-5,8,15,17H,6-7,9-10H2,1H3,(H,21,23,25). The number of ether oxygens (including phenoxy) is 3. The molecule has 0 saturated carbocycles. The molecule has 2 aliphatic rings. The van der Waals surface area contributed by atoms with Crippen molar-refractivity contribution in [2.24, 2.45) is 0 Å². The number of nitrogens with one attached hydrogen (secondary N) is 1. The maximum atomic E-state index is 11.2. The van der Waals surface area contributed by atoms with Crippen molar-refractivity contribution < 1.29 is 19.0 Å². The number of rotatable bonds is 6. The van der Waals surface area contributed by atoms with Crippen LogP contribution in [0.4, 0.5) is 5.13 Å². The number of anilines is 1. The molecule has 29 heavy (non-hydrogen) atoms. The van der Waals surface area contributed by atoms with Crippen molar-refractivity contribution in [3.8, 4) is 17.3 Å². The zero-order valence-electron chi connectivity index (χ0n) is 15.7. The highest BCUT2D eigenvalue weighted by atomic mass is 32.1. The van der Waals surface area contributed by atoms with Gasteiger partial charge in [-0.2, -0.15) is 4.98 Å². The van der Waals surface area contributed by atoms with Crippen molar-refractivity contribution in [2.45, 2.75) is 19.3 Å². The Bertz CT molecular complexity index is 1050. The summed E-state index contributed by atoms with van der Waals surface area (Å²) in [6.07, 6.45) is 1.76. The van der Waals surface area contributed by atoms with Crippen LogP contribution in [0.1, 0.15) is 6.92 Å². The number of benzene rings is 1. The Hall–Kier alpha value is -2.66. The van der Waals surface area contributed by atoms with Crippen molar-refractivity contribution in [1.29, 1.82) is 0 Å². The van der Waals surface area contributed by atoms with Crippen molar-refractivity contribution in [3.63, 3.8) is 0 Å². The molecule has 2 saturated heterocycles. The zero-order valence-corrected chi connectivity index (χ0v) is 16.5. The minimum Gasteiger partial charge on any atom is -0.461 e. The molecular weight excluding hydrogens is 394 g/mol. The highest BCUT2D eigenvalue weighted by molar-refractivity contribution is 7.22. The summed E-state index contributed by atoms with van der Waals surface area (Å²) in [5, 5.41) is 3.30. The van der Waals surface area contributed by atoms with Crippen LogP contribution in [-0.4, -0.2) is 64.6 Å². The lowest BCUT2D eigenvalue weighted by Crippen LogP contribution is -2.26. The van der Waals surface area contributed by atoms with Gasteiger partial charge in [-0.05, 0) is 18.2 Å². The number of carbonyl (C=O) groups excluding carboxylic acids is 1. The van der Waals surface area contributed by atoms with Gasteiger partial charge in [0.05, 0.1) is 22.5 Å². The predicted molar refractivity (Wildman–Crippen MR) is 107 cm³/mol. The Labute approximate surface area is 170 Å². The molecule has 0 radical (unpaired) electrons. The summed E-state index contributed by atoms with van der Waals surface area (Å²) in [6, 6.07) is 8.01. The summed E-state index contributed by atoms with van der Waals surface area (Å²) >= 11 is 1.42. The zero-order chi connectivity index (χ0) is 19.8. The fourth-order valence-electron chi connectivity index (χ4n) is 3.22. The second-order valence-electron chi connectivity index (χ2n) is 6.83. The third-order valence-electron chi connectivity index (χ3n) is 4.67. The van der Waals surface area contributed by atoms with E-state index in [2.05, 4.69) is 25.2 Å². The topological polar surface area (TPSA) is 102 Å². The minimum absolute atomic E-state index is 0.0182. The van der Waals surface area contributed by atoms with E-state index in [1.807, 2.05) is 24.3 Å². The Morgan fingerprint density at radius 3 is 3.14 bits per heavy atom. The van der Waals surface area contributed by atoms with Crippen LogP contribution in [0.2, 0.25) is 0 Å². The van der Waals surface area contributed by atoms with Gasteiger partial charge >= 0.3 is 6.01 Å². The molecule has 1 N–H and O–H groups in total. The van der Waals surface area contributed by atoms with Crippen LogP contribution in [0.3, 0.4) is 0 Å². The molecule has 0 bridgehead atoms. The molecule has 2 aliphatic heterocycles. The average molecular weight is 413 g/mol. The van der Waals surface area contributed by atoms with E-state index < -0.39 is 0 Å². The van der Waals surface area contributed by atoms with Crippen molar-refractivity contribution in [3.05, 3.63) is 30.5 Å². The lowest BCUT2D eigenvalue weighted by atomic mass is 10.1. The summed E-state index contributed by atoms with van der Waals surface area (Å²) in [5.41, 5.74) is 2.51. The normalized spacial score (nSPS) is 21.4. The first-order valence-corrected chi connectivity index (χ1v) is 10.1. The number of hydrogen-bond donors (Lipinski definition) is 1. The summed E-state index contributed by atoms with van der Waals surface area (Å²) < 4.78 is 17.7. The molecule has 2 unspecified atom stereocenters. The molecule has 1 aromatic carbocycles. The van der Waals surface area contributed by atoms with Crippen molar-refractivity contribution >= 4 is 32.6 Å². The first-order chi connectivity index (χ1) is 14.2. The van der Waals surface area contributed by atoms with E-state index in [1.54, 1.807) is 6.20 Å². The van der Waals surface area contributed by atoms with E-state index in [9.17, 15) is 4.79 Å². The third-order valence-corrected chi connectivity index (χ3v) is 5.61. The molecule has 9 nitrogen and oxygen atoms in total. The van der Waals surface area contributed by atoms with Crippen LogP contribution in [0.25, 0.3) is 21.5 Å².